The van der Waals surface area contributed by atoms with E-state index in [1.54, 1.807) is 6.20 Å². The van der Waals surface area contributed by atoms with Crippen LogP contribution in [0.4, 0.5) is 11.4 Å². The zero-order valence-electron chi connectivity index (χ0n) is 21.7. The molecule has 3 aliphatic rings. The predicted octanol–water partition coefficient (Wildman–Crippen LogP) is 3.35. The van der Waals surface area contributed by atoms with Crippen LogP contribution in [0.5, 0.6) is 0 Å². The molecule has 37 heavy (non-hydrogen) atoms. The van der Waals surface area contributed by atoms with E-state index in [4.69, 9.17) is 0 Å². The Morgan fingerprint density at radius 3 is 2.68 bits per heavy atom. The minimum Gasteiger partial charge on any atom is -0.369 e. The molecule has 0 saturated carbocycles. The van der Waals surface area contributed by atoms with Gasteiger partial charge in [-0.25, -0.2) is 0 Å². The molecule has 192 valence electrons. The molecule has 2 N–H and O–H groups in total. The predicted molar refractivity (Wildman–Crippen MR) is 150 cm³/mol. The molecule has 0 radical (unpaired) electrons. The van der Waals surface area contributed by atoms with Crippen molar-refractivity contribution in [1.82, 2.24) is 20.5 Å². The Kier molecular flexibility index (Phi) is 6.97. The van der Waals surface area contributed by atoms with Gasteiger partial charge in [-0.2, -0.15) is 5.26 Å². The largest absolute Gasteiger partial charge is 0.369 e. The van der Waals surface area contributed by atoms with Crippen LogP contribution in [0.1, 0.15) is 30.9 Å². The number of nitrogens with one attached hydrogen (secondary N) is 2. The monoisotopic (exact) mass is 495 g/mol. The van der Waals surface area contributed by atoms with Gasteiger partial charge in [0.25, 0.3) is 0 Å². The van der Waals surface area contributed by atoms with Crippen LogP contribution in [-0.2, 0) is 6.54 Å². The smallest absolute Gasteiger partial charge is 0.101 e. The van der Waals surface area contributed by atoms with Crippen molar-refractivity contribution in [2.75, 3.05) is 55.6 Å². The Labute approximate surface area is 220 Å². The number of aromatic nitrogens is 1. The molecule has 0 amide bonds. The molecule has 3 aromatic rings. The summed E-state index contributed by atoms with van der Waals surface area (Å²) in [5.41, 5.74) is 5.35. The molecule has 2 aromatic carbocycles. The highest BCUT2D eigenvalue weighted by Gasteiger charge is 2.37. The first-order chi connectivity index (χ1) is 18.2. The summed E-state index contributed by atoms with van der Waals surface area (Å²) >= 11 is 0. The highest BCUT2D eigenvalue weighted by molar-refractivity contribution is 5.95. The second-order valence-electron chi connectivity index (χ2n) is 10.8. The molecule has 0 bridgehead atoms. The van der Waals surface area contributed by atoms with Gasteiger partial charge in [-0.3, -0.25) is 9.88 Å². The standard InChI is InChI=1S/C30H37N7/c1-22-20-36(29-9-6-24(18-31)30-28(29)3-2-11-33-30)21-27-17-25(10-14-37(22)27)34-19-23-4-7-26(8-5-23)35-15-12-32-13-16-35/h2-9,11,22,25,27,32,34H,10,12-17,19-21H2,1H3/t22-,25+,27+/m1/s1. The lowest BCUT2D eigenvalue weighted by Gasteiger charge is -2.50. The molecule has 3 saturated heterocycles. The molecule has 3 fully saturated rings. The van der Waals surface area contributed by atoms with Crippen molar-refractivity contribution < 1.29 is 0 Å². The molecule has 7 nitrogen and oxygen atoms in total. The fraction of sp³-hybridized carbons (Fsp3) is 0.467. The molecule has 1 aromatic heterocycles. The maximum absolute atomic E-state index is 9.55. The number of nitrogens with zero attached hydrogens (tertiary/aromatic N) is 5. The summed E-state index contributed by atoms with van der Waals surface area (Å²) in [6.07, 6.45) is 4.14. The zero-order chi connectivity index (χ0) is 25.2. The third-order valence-electron chi connectivity index (χ3n) is 8.46. The number of rotatable bonds is 5. The Bertz CT molecular complexity index is 1260. The molecule has 0 unspecified atom stereocenters. The van der Waals surface area contributed by atoms with Crippen LogP contribution < -0.4 is 20.4 Å². The minimum absolute atomic E-state index is 0.500. The summed E-state index contributed by atoms with van der Waals surface area (Å²) < 4.78 is 0. The number of anilines is 2. The number of fused-ring (bicyclic) bond motifs is 2. The fourth-order valence-corrected chi connectivity index (χ4v) is 6.50. The van der Waals surface area contributed by atoms with Gasteiger partial charge >= 0.3 is 0 Å². The van der Waals surface area contributed by atoms with Crippen molar-refractivity contribution in [3.63, 3.8) is 0 Å². The van der Waals surface area contributed by atoms with Crippen LogP contribution in [0.15, 0.2) is 54.7 Å². The van der Waals surface area contributed by atoms with E-state index in [1.165, 1.54) is 23.4 Å². The number of benzene rings is 2. The van der Waals surface area contributed by atoms with Crippen molar-refractivity contribution in [3.8, 4) is 6.07 Å². The van der Waals surface area contributed by atoms with Gasteiger partial charge in [0.15, 0.2) is 0 Å². The van der Waals surface area contributed by atoms with E-state index in [1.807, 2.05) is 12.1 Å². The summed E-state index contributed by atoms with van der Waals surface area (Å²) in [7, 11) is 0. The normalized spacial score (nSPS) is 24.6. The van der Waals surface area contributed by atoms with Crippen LogP contribution in [0.25, 0.3) is 10.9 Å². The fourth-order valence-electron chi connectivity index (χ4n) is 6.50. The van der Waals surface area contributed by atoms with Crippen molar-refractivity contribution in [2.24, 2.45) is 0 Å². The molecule has 0 aliphatic carbocycles. The summed E-state index contributed by atoms with van der Waals surface area (Å²) in [4.78, 5) is 12.2. The molecule has 6 rings (SSSR count). The molecular weight excluding hydrogens is 458 g/mol. The van der Waals surface area contributed by atoms with Gasteiger partial charge in [-0.1, -0.05) is 12.1 Å². The second-order valence-corrected chi connectivity index (χ2v) is 10.8. The lowest BCUT2D eigenvalue weighted by molar-refractivity contribution is 0.0701. The van der Waals surface area contributed by atoms with Gasteiger partial charge in [-0.05, 0) is 61.7 Å². The van der Waals surface area contributed by atoms with Crippen LogP contribution >= 0.6 is 0 Å². The number of hydrogen-bond acceptors (Lipinski definition) is 7. The Balaban J connectivity index is 1.11. The maximum Gasteiger partial charge on any atom is 0.101 e. The van der Waals surface area contributed by atoms with Crippen LogP contribution in [0, 0.1) is 11.3 Å². The van der Waals surface area contributed by atoms with Crippen LogP contribution in [0.3, 0.4) is 0 Å². The Hall–Kier alpha value is -3.18. The molecular formula is C30H37N7. The quantitative estimate of drug-likeness (QED) is 0.563. The van der Waals surface area contributed by atoms with Gasteiger partial charge in [0.2, 0.25) is 0 Å². The second kappa shape index (κ2) is 10.7. The maximum atomic E-state index is 9.55. The first-order valence-corrected chi connectivity index (χ1v) is 13.8. The zero-order valence-corrected chi connectivity index (χ0v) is 21.7. The van der Waals surface area contributed by atoms with Gasteiger partial charge in [0, 0.05) is 93.4 Å². The van der Waals surface area contributed by atoms with Gasteiger partial charge in [-0.15, -0.1) is 0 Å². The minimum atomic E-state index is 0.500. The van der Waals surface area contributed by atoms with Crippen molar-refractivity contribution in [3.05, 3.63) is 65.9 Å². The van der Waals surface area contributed by atoms with E-state index >= 15 is 0 Å². The van der Waals surface area contributed by atoms with E-state index in [0.29, 0.717) is 23.7 Å². The number of pyridine rings is 1. The topological polar surface area (TPSA) is 70.5 Å². The van der Waals surface area contributed by atoms with Crippen LogP contribution in [-0.4, -0.2) is 73.8 Å². The third-order valence-corrected chi connectivity index (χ3v) is 8.46. The molecule has 3 atom stereocenters. The molecule has 7 heteroatoms. The number of piperazine rings is 2. The third kappa shape index (κ3) is 5.02. The summed E-state index contributed by atoms with van der Waals surface area (Å²) in [6, 6.07) is 21.1. The first-order valence-electron chi connectivity index (χ1n) is 13.8. The van der Waals surface area contributed by atoms with Gasteiger partial charge in [0.05, 0.1) is 11.1 Å². The number of hydrogen-bond donors (Lipinski definition) is 2. The lowest BCUT2D eigenvalue weighted by atomic mass is 9.92. The average molecular weight is 496 g/mol. The summed E-state index contributed by atoms with van der Waals surface area (Å²) in [5, 5.41) is 17.9. The number of nitriles is 1. The molecule has 3 aliphatic heterocycles. The summed E-state index contributed by atoms with van der Waals surface area (Å²) in [5.74, 6) is 0. The highest BCUT2D eigenvalue weighted by atomic mass is 15.3. The van der Waals surface area contributed by atoms with Crippen LogP contribution in [0.2, 0.25) is 0 Å². The van der Waals surface area contributed by atoms with E-state index in [0.717, 1.165) is 69.7 Å². The first kappa shape index (κ1) is 24.2. The lowest BCUT2D eigenvalue weighted by Crippen LogP contribution is -2.62. The molecule has 4 heterocycles. The van der Waals surface area contributed by atoms with Gasteiger partial charge in [0.1, 0.15) is 6.07 Å². The van der Waals surface area contributed by atoms with E-state index in [-0.39, 0.29) is 0 Å². The highest BCUT2D eigenvalue weighted by Crippen LogP contribution is 2.33. The van der Waals surface area contributed by atoms with E-state index in [2.05, 4.69) is 79.7 Å². The molecule has 0 spiro atoms. The van der Waals surface area contributed by atoms with E-state index < -0.39 is 0 Å². The Morgan fingerprint density at radius 1 is 1.03 bits per heavy atom. The van der Waals surface area contributed by atoms with Crippen molar-refractivity contribution >= 4 is 22.3 Å². The van der Waals surface area contributed by atoms with Crippen molar-refractivity contribution in [2.45, 2.75) is 44.4 Å². The van der Waals surface area contributed by atoms with E-state index in [9.17, 15) is 5.26 Å². The van der Waals surface area contributed by atoms with Gasteiger partial charge < -0.3 is 20.4 Å². The Morgan fingerprint density at radius 2 is 1.86 bits per heavy atom. The number of piperidine rings is 1. The average Bonchev–Trinajstić information content (AvgIpc) is 2.96. The van der Waals surface area contributed by atoms with Crippen molar-refractivity contribution in [1.29, 1.82) is 5.26 Å². The SMILES string of the molecule is C[C@@H]1CN(c2ccc(C#N)c3ncccc23)C[C@@H]2C[C@@H](NCc3ccc(N4CCNCC4)cc3)CCN21. The summed E-state index contributed by atoms with van der Waals surface area (Å²) in [6.45, 7) is 10.7.